The monoisotopic (exact) mass is 152 g/mol. The standard InChI is InChI=1S/C10H16O/c1-4-9(2)6-5-7-10(3)8-11/h4,7-8H,5-6H2,1-3H3/b9-4+,10-7+. The lowest BCUT2D eigenvalue weighted by Crippen LogP contribution is -1.78. The molecule has 0 bridgehead atoms. The third-order valence-electron chi connectivity index (χ3n) is 1.68. The summed E-state index contributed by atoms with van der Waals surface area (Å²) < 4.78 is 0. The van der Waals surface area contributed by atoms with Crippen LogP contribution in [-0.2, 0) is 4.79 Å². The van der Waals surface area contributed by atoms with Gasteiger partial charge in [0.2, 0.25) is 0 Å². The quantitative estimate of drug-likeness (QED) is 0.344. The third kappa shape index (κ3) is 5.59. The molecule has 0 aliphatic rings. The molecule has 1 nitrogen and oxygen atoms in total. The molecular formula is C10H16O. The molecule has 0 atom stereocenters. The van der Waals surface area contributed by atoms with E-state index >= 15 is 0 Å². The summed E-state index contributed by atoms with van der Waals surface area (Å²) in [6, 6.07) is 0. The van der Waals surface area contributed by atoms with E-state index in [0.717, 1.165) is 24.7 Å². The Morgan fingerprint density at radius 1 is 1.36 bits per heavy atom. The number of aldehydes is 1. The summed E-state index contributed by atoms with van der Waals surface area (Å²) >= 11 is 0. The number of hydrogen-bond donors (Lipinski definition) is 0. The highest BCUT2D eigenvalue weighted by atomic mass is 16.1. The second-order valence-corrected chi connectivity index (χ2v) is 2.74. The highest BCUT2D eigenvalue weighted by Gasteiger charge is 1.87. The van der Waals surface area contributed by atoms with E-state index in [0.29, 0.717) is 0 Å². The molecule has 0 amide bonds. The number of carbonyl (C=O) groups is 1. The SMILES string of the molecule is C/C=C(\C)CC/C=C(\C)C=O. The minimum atomic E-state index is 0.828. The second-order valence-electron chi connectivity index (χ2n) is 2.74. The zero-order valence-electron chi connectivity index (χ0n) is 7.55. The Kier molecular flexibility index (Phi) is 5.44. The Morgan fingerprint density at radius 3 is 2.45 bits per heavy atom. The van der Waals surface area contributed by atoms with Crippen molar-refractivity contribution >= 4 is 6.29 Å². The predicted molar refractivity (Wildman–Crippen MR) is 48.5 cm³/mol. The molecule has 0 fully saturated rings. The first kappa shape index (κ1) is 10.2. The second kappa shape index (κ2) is 5.90. The Hall–Kier alpha value is -0.850. The lowest BCUT2D eigenvalue weighted by Gasteiger charge is -1.94. The maximum absolute atomic E-state index is 10.2. The number of rotatable bonds is 4. The Bertz CT molecular complexity index is 175. The molecule has 0 aromatic carbocycles. The molecule has 1 heteroatoms. The zero-order chi connectivity index (χ0) is 8.69. The molecular weight excluding hydrogens is 136 g/mol. The van der Waals surface area contributed by atoms with Crippen molar-refractivity contribution in [3.05, 3.63) is 23.3 Å². The molecule has 62 valence electrons. The first-order valence-corrected chi connectivity index (χ1v) is 3.94. The Balaban J connectivity index is 3.65. The largest absolute Gasteiger partial charge is 0.298 e. The van der Waals surface area contributed by atoms with Crippen LogP contribution >= 0.6 is 0 Å². The van der Waals surface area contributed by atoms with Crippen LogP contribution in [0.25, 0.3) is 0 Å². The van der Waals surface area contributed by atoms with Gasteiger partial charge in [-0.2, -0.15) is 0 Å². The Labute approximate surface area is 68.8 Å². The van der Waals surface area contributed by atoms with Gasteiger partial charge in [0.05, 0.1) is 0 Å². The van der Waals surface area contributed by atoms with Gasteiger partial charge in [0.15, 0.2) is 0 Å². The molecule has 0 unspecified atom stereocenters. The van der Waals surface area contributed by atoms with E-state index in [9.17, 15) is 4.79 Å². The van der Waals surface area contributed by atoms with Crippen molar-refractivity contribution in [2.45, 2.75) is 33.6 Å². The number of hydrogen-bond acceptors (Lipinski definition) is 1. The first-order valence-electron chi connectivity index (χ1n) is 3.94. The molecule has 0 spiro atoms. The third-order valence-corrected chi connectivity index (χ3v) is 1.68. The average Bonchev–Trinajstić information content (AvgIpc) is 2.04. The van der Waals surface area contributed by atoms with Crippen LogP contribution < -0.4 is 0 Å². The molecule has 0 aliphatic heterocycles. The molecule has 0 saturated heterocycles. The van der Waals surface area contributed by atoms with Crippen LogP contribution in [0.5, 0.6) is 0 Å². The minimum absolute atomic E-state index is 0.828. The van der Waals surface area contributed by atoms with Crippen LogP contribution in [0.1, 0.15) is 33.6 Å². The fourth-order valence-corrected chi connectivity index (χ4v) is 0.720. The van der Waals surface area contributed by atoms with Crippen molar-refractivity contribution < 1.29 is 4.79 Å². The molecule has 0 heterocycles. The topological polar surface area (TPSA) is 17.1 Å². The van der Waals surface area contributed by atoms with Crippen LogP contribution in [0.2, 0.25) is 0 Å². The summed E-state index contributed by atoms with van der Waals surface area (Å²) in [5.41, 5.74) is 2.20. The summed E-state index contributed by atoms with van der Waals surface area (Å²) in [6.45, 7) is 5.97. The van der Waals surface area contributed by atoms with Gasteiger partial charge in [-0.1, -0.05) is 17.7 Å². The molecule has 0 aromatic rings. The van der Waals surface area contributed by atoms with Crippen LogP contribution in [-0.4, -0.2) is 6.29 Å². The zero-order valence-corrected chi connectivity index (χ0v) is 7.55. The van der Waals surface area contributed by atoms with E-state index in [1.165, 1.54) is 5.57 Å². The fourth-order valence-electron chi connectivity index (χ4n) is 0.720. The van der Waals surface area contributed by atoms with Gasteiger partial charge in [-0.3, -0.25) is 4.79 Å². The molecule has 0 saturated carbocycles. The fraction of sp³-hybridized carbons (Fsp3) is 0.500. The smallest absolute Gasteiger partial charge is 0.145 e. The summed E-state index contributed by atoms with van der Waals surface area (Å²) in [7, 11) is 0. The van der Waals surface area contributed by atoms with Gasteiger partial charge >= 0.3 is 0 Å². The van der Waals surface area contributed by atoms with Crippen molar-refractivity contribution in [1.82, 2.24) is 0 Å². The first-order chi connectivity index (χ1) is 5.20. The highest BCUT2D eigenvalue weighted by molar-refractivity contribution is 5.71. The number of allylic oxidation sites excluding steroid dienone is 4. The molecule has 0 radical (unpaired) electrons. The molecule has 0 rings (SSSR count). The van der Waals surface area contributed by atoms with Crippen molar-refractivity contribution in [1.29, 1.82) is 0 Å². The van der Waals surface area contributed by atoms with Crippen LogP contribution in [0.4, 0.5) is 0 Å². The maximum atomic E-state index is 10.2. The molecule has 0 N–H and O–H groups in total. The van der Waals surface area contributed by atoms with E-state index in [-0.39, 0.29) is 0 Å². The predicted octanol–water partition coefficient (Wildman–Crippen LogP) is 2.88. The van der Waals surface area contributed by atoms with E-state index in [4.69, 9.17) is 0 Å². The van der Waals surface area contributed by atoms with Gasteiger partial charge < -0.3 is 0 Å². The van der Waals surface area contributed by atoms with Crippen molar-refractivity contribution in [2.75, 3.05) is 0 Å². The normalized spacial score (nSPS) is 13.4. The molecule has 11 heavy (non-hydrogen) atoms. The molecule has 0 aliphatic carbocycles. The van der Waals surface area contributed by atoms with Gasteiger partial charge in [0.1, 0.15) is 6.29 Å². The van der Waals surface area contributed by atoms with E-state index in [1.54, 1.807) is 0 Å². The average molecular weight is 152 g/mol. The van der Waals surface area contributed by atoms with Gasteiger partial charge in [-0.25, -0.2) is 0 Å². The van der Waals surface area contributed by atoms with Crippen molar-refractivity contribution in [2.24, 2.45) is 0 Å². The summed E-state index contributed by atoms with van der Waals surface area (Å²) in [5.74, 6) is 0. The number of carbonyl (C=O) groups excluding carboxylic acids is 1. The van der Waals surface area contributed by atoms with Gasteiger partial charge in [-0.15, -0.1) is 0 Å². The van der Waals surface area contributed by atoms with E-state index in [2.05, 4.69) is 13.0 Å². The maximum Gasteiger partial charge on any atom is 0.145 e. The molecule has 0 aromatic heterocycles. The van der Waals surface area contributed by atoms with E-state index in [1.807, 2.05) is 19.9 Å². The minimum Gasteiger partial charge on any atom is -0.298 e. The van der Waals surface area contributed by atoms with E-state index < -0.39 is 0 Å². The summed E-state index contributed by atoms with van der Waals surface area (Å²) in [5, 5.41) is 0. The van der Waals surface area contributed by atoms with Crippen LogP contribution in [0.3, 0.4) is 0 Å². The van der Waals surface area contributed by atoms with Gasteiger partial charge in [-0.05, 0) is 39.2 Å². The van der Waals surface area contributed by atoms with Gasteiger partial charge in [0.25, 0.3) is 0 Å². The van der Waals surface area contributed by atoms with Gasteiger partial charge in [0, 0.05) is 0 Å². The van der Waals surface area contributed by atoms with Crippen LogP contribution in [0, 0.1) is 0 Å². The lowest BCUT2D eigenvalue weighted by molar-refractivity contribution is -0.104. The van der Waals surface area contributed by atoms with Crippen LogP contribution in [0.15, 0.2) is 23.3 Å². The highest BCUT2D eigenvalue weighted by Crippen LogP contribution is 2.04. The van der Waals surface area contributed by atoms with Crippen molar-refractivity contribution in [3.8, 4) is 0 Å². The van der Waals surface area contributed by atoms with Crippen molar-refractivity contribution in [3.63, 3.8) is 0 Å². The Morgan fingerprint density at radius 2 is 2.00 bits per heavy atom. The summed E-state index contributed by atoms with van der Waals surface area (Å²) in [4.78, 5) is 10.2. The summed E-state index contributed by atoms with van der Waals surface area (Å²) in [6.07, 6.45) is 7.00. The lowest BCUT2D eigenvalue weighted by atomic mass is 10.1.